The molecule has 1 nitrogen and oxygen atoms in total. The van der Waals surface area contributed by atoms with Crippen LogP contribution in [0.25, 0.3) is 11.1 Å². The summed E-state index contributed by atoms with van der Waals surface area (Å²) in [5.41, 5.74) is 0.577. The zero-order valence-corrected chi connectivity index (χ0v) is 17.4. The van der Waals surface area contributed by atoms with E-state index in [4.69, 9.17) is 0 Å². The summed E-state index contributed by atoms with van der Waals surface area (Å²) in [5, 5.41) is 0. The first kappa shape index (κ1) is 23.5. The molecule has 3 rings (SSSR count). The fraction of sp³-hybridized carbons (Fsp3) is 0.500. The van der Waals surface area contributed by atoms with Gasteiger partial charge in [-0.3, -0.25) is 0 Å². The fourth-order valence-corrected chi connectivity index (χ4v) is 4.42. The van der Waals surface area contributed by atoms with Gasteiger partial charge in [-0.25, -0.2) is 13.2 Å². The summed E-state index contributed by atoms with van der Waals surface area (Å²) < 4.78 is 83.0. The summed E-state index contributed by atoms with van der Waals surface area (Å²) >= 11 is 0. The van der Waals surface area contributed by atoms with Gasteiger partial charge in [0.2, 0.25) is 5.75 Å². The van der Waals surface area contributed by atoms with Gasteiger partial charge >= 0.3 is 6.36 Å². The number of hydrogen-bond acceptors (Lipinski definition) is 1. The van der Waals surface area contributed by atoms with Crippen LogP contribution in [0.4, 0.5) is 26.3 Å². The molecular weight excluding hydrogens is 418 g/mol. The van der Waals surface area contributed by atoms with E-state index in [2.05, 4.69) is 11.7 Å². The molecule has 1 fully saturated rings. The molecule has 0 amide bonds. The molecule has 1 saturated carbocycles. The number of hydrogen-bond donors (Lipinski definition) is 0. The summed E-state index contributed by atoms with van der Waals surface area (Å²) in [6.07, 6.45) is 3.86. The maximum Gasteiger partial charge on any atom is 0.573 e. The summed E-state index contributed by atoms with van der Waals surface area (Å²) in [6.45, 7) is 2.18. The Morgan fingerprint density at radius 3 is 2.06 bits per heavy atom. The number of halogens is 6. The minimum atomic E-state index is -5.23. The van der Waals surface area contributed by atoms with E-state index in [0.717, 1.165) is 37.2 Å². The van der Waals surface area contributed by atoms with Crippen LogP contribution in [-0.4, -0.2) is 6.36 Å². The molecule has 31 heavy (non-hydrogen) atoms. The Morgan fingerprint density at radius 2 is 1.52 bits per heavy atom. The van der Waals surface area contributed by atoms with Crippen LogP contribution in [0, 0.1) is 23.4 Å². The number of rotatable bonds is 7. The van der Waals surface area contributed by atoms with E-state index in [1.807, 2.05) is 0 Å². The van der Waals surface area contributed by atoms with Crippen molar-refractivity contribution in [2.45, 2.75) is 70.6 Å². The molecule has 0 N–H and O–H groups in total. The van der Waals surface area contributed by atoms with Crippen LogP contribution >= 0.6 is 0 Å². The van der Waals surface area contributed by atoms with E-state index in [-0.39, 0.29) is 17.0 Å². The van der Waals surface area contributed by atoms with Crippen LogP contribution in [-0.2, 0) is 0 Å². The molecular formula is C24H26F6O. The van der Waals surface area contributed by atoms with Gasteiger partial charge in [-0.1, -0.05) is 44.7 Å². The van der Waals surface area contributed by atoms with E-state index >= 15 is 0 Å². The average Bonchev–Trinajstić information content (AvgIpc) is 2.70. The van der Waals surface area contributed by atoms with Gasteiger partial charge < -0.3 is 4.74 Å². The van der Waals surface area contributed by atoms with Crippen molar-refractivity contribution in [3.63, 3.8) is 0 Å². The fourth-order valence-electron chi connectivity index (χ4n) is 4.42. The van der Waals surface area contributed by atoms with Crippen LogP contribution in [0.5, 0.6) is 5.75 Å². The van der Waals surface area contributed by atoms with E-state index in [1.165, 1.54) is 37.8 Å². The van der Waals surface area contributed by atoms with Crippen molar-refractivity contribution < 1.29 is 31.1 Å². The predicted octanol–water partition coefficient (Wildman–Crippen LogP) is 8.52. The van der Waals surface area contributed by atoms with Crippen molar-refractivity contribution in [2.75, 3.05) is 0 Å². The molecule has 1 aliphatic carbocycles. The molecule has 7 heteroatoms. The average molecular weight is 444 g/mol. The Bertz CT molecular complexity index is 861. The van der Waals surface area contributed by atoms with Crippen LogP contribution in [0.1, 0.15) is 69.8 Å². The Hall–Kier alpha value is -2.18. The highest BCUT2D eigenvalue weighted by atomic mass is 19.4. The highest BCUT2D eigenvalue weighted by Gasteiger charge is 2.34. The van der Waals surface area contributed by atoms with E-state index in [9.17, 15) is 26.3 Å². The summed E-state index contributed by atoms with van der Waals surface area (Å²) in [7, 11) is 0. The molecule has 0 radical (unpaired) electrons. The SMILES string of the molecule is CCCCCC1CCC(c2ccc(-c3cc(F)c(OC(F)(F)F)c(F)c3)c(F)c2)CC1. The van der Waals surface area contributed by atoms with Crippen molar-refractivity contribution in [3.8, 4) is 16.9 Å². The van der Waals surface area contributed by atoms with Crippen LogP contribution in [0.2, 0.25) is 0 Å². The lowest BCUT2D eigenvalue weighted by molar-refractivity contribution is -0.276. The lowest BCUT2D eigenvalue weighted by Crippen LogP contribution is -2.19. The van der Waals surface area contributed by atoms with Gasteiger partial charge in [-0.15, -0.1) is 13.2 Å². The molecule has 0 heterocycles. The number of unbranched alkanes of at least 4 members (excludes halogenated alkanes) is 2. The third-order valence-corrected chi connectivity index (χ3v) is 6.05. The van der Waals surface area contributed by atoms with Crippen LogP contribution in [0.3, 0.4) is 0 Å². The van der Waals surface area contributed by atoms with E-state index < -0.39 is 29.6 Å². The maximum atomic E-state index is 14.8. The first-order valence-electron chi connectivity index (χ1n) is 10.7. The van der Waals surface area contributed by atoms with Gasteiger partial charge in [0.1, 0.15) is 5.82 Å². The summed E-state index contributed by atoms with van der Waals surface area (Å²) in [6, 6.07) is 5.81. The molecule has 0 saturated heterocycles. The molecule has 0 spiro atoms. The summed E-state index contributed by atoms with van der Waals surface area (Å²) in [5.74, 6) is -4.35. The number of ether oxygens (including phenoxy) is 1. The predicted molar refractivity (Wildman–Crippen MR) is 107 cm³/mol. The molecule has 2 aromatic rings. The van der Waals surface area contributed by atoms with Crippen molar-refractivity contribution in [1.82, 2.24) is 0 Å². The Labute approximate surface area is 178 Å². The monoisotopic (exact) mass is 444 g/mol. The van der Waals surface area contributed by atoms with Crippen LogP contribution < -0.4 is 4.74 Å². The second-order valence-corrected chi connectivity index (χ2v) is 8.27. The first-order chi connectivity index (χ1) is 14.7. The first-order valence-corrected chi connectivity index (χ1v) is 10.7. The van der Waals surface area contributed by atoms with Crippen LogP contribution in [0.15, 0.2) is 30.3 Å². The smallest absolute Gasteiger partial charge is 0.399 e. The van der Waals surface area contributed by atoms with E-state index in [1.54, 1.807) is 6.07 Å². The summed E-state index contributed by atoms with van der Waals surface area (Å²) in [4.78, 5) is 0. The Kier molecular flexibility index (Phi) is 7.55. The molecule has 2 aromatic carbocycles. The lowest BCUT2D eigenvalue weighted by atomic mass is 9.77. The number of alkyl halides is 3. The highest BCUT2D eigenvalue weighted by molar-refractivity contribution is 5.66. The van der Waals surface area contributed by atoms with E-state index in [0.29, 0.717) is 12.1 Å². The molecule has 0 atom stereocenters. The quantitative estimate of drug-likeness (QED) is 0.307. The molecule has 0 aliphatic heterocycles. The van der Waals surface area contributed by atoms with Crippen molar-refractivity contribution in [2.24, 2.45) is 5.92 Å². The zero-order chi connectivity index (χ0) is 22.6. The third kappa shape index (κ3) is 6.17. The lowest BCUT2D eigenvalue weighted by Gasteiger charge is -2.29. The van der Waals surface area contributed by atoms with Crippen molar-refractivity contribution >= 4 is 0 Å². The van der Waals surface area contributed by atoms with Gasteiger partial charge in [-0.2, -0.15) is 0 Å². The molecule has 170 valence electrons. The maximum absolute atomic E-state index is 14.8. The van der Waals surface area contributed by atoms with Gasteiger partial charge in [0.25, 0.3) is 0 Å². The second kappa shape index (κ2) is 9.96. The number of benzene rings is 2. The topological polar surface area (TPSA) is 9.23 Å². The molecule has 1 aliphatic rings. The second-order valence-electron chi connectivity index (χ2n) is 8.27. The minimum absolute atomic E-state index is 0.0756. The van der Waals surface area contributed by atoms with Crippen molar-refractivity contribution in [1.29, 1.82) is 0 Å². The van der Waals surface area contributed by atoms with Crippen molar-refractivity contribution in [3.05, 3.63) is 53.3 Å². The Morgan fingerprint density at radius 1 is 0.871 bits per heavy atom. The standard InChI is InChI=1S/C24H26F6O/c1-2-3-4-5-15-6-8-16(9-7-15)17-10-11-19(20(25)12-17)18-13-21(26)23(22(27)14-18)31-24(28,29)30/h10-16H,2-9H2,1H3. The third-order valence-electron chi connectivity index (χ3n) is 6.05. The molecule has 0 unspecified atom stereocenters. The largest absolute Gasteiger partial charge is 0.573 e. The van der Waals surface area contributed by atoms with Gasteiger partial charge in [0.05, 0.1) is 0 Å². The highest BCUT2D eigenvalue weighted by Crippen LogP contribution is 2.39. The molecule has 0 aromatic heterocycles. The normalized spacial score (nSPS) is 19.5. The zero-order valence-electron chi connectivity index (χ0n) is 17.4. The molecule has 0 bridgehead atoms. The van der Waals surface area contributed by atoms with Gasteiger partial charge in [0, 0.05) is 5.56 Å². The Balaban J connectivity index is 1.72. The van der Waals surface area contributed by atoms with Gasteiger partial charge in [0.15, 0.2) is 11.6 Å². The minimum Gasteiger partial charge on any atom is -0.399 e. The van der Waals surface area contributed by atoms with Gasteiger partial charge in [-0.05, 0) is 66.8 Å².